The van der Waals surface area contributed by atoms with Crippen molar-refractivity contribution in [1.82, 2.24) is 19.7 Å². The van der Waals surface area contributed by atoms with Crippen LogP contribution in [-0.4, -0.2) is 45.2 Å². The molecule has 1 aliphatic carbocycles. The summed E-state index contributed by atoms with van der Waals surface area (Å²) >= 11 is 0. The summed E-state index contributed by atoms with van der Waals surface area (Å²) in [6.07, 6.45) is 6.87. The van der Waals surface area contributed by atoms with Gasteiger partial charge >= 0.3 is 0 Å². The van der Waals surface area contributed by atoms with Gasteiger partial charge in [-0.3, -0.25) is 4.79 Å². The van der Waals surface area contributed by atoms with Gasteiger partial charge in [0, 0.05) is 49.1 Å². The van der Waals surface area contributed by atoms with E-state index in [0.717, 1.165) is 78.0 Å². The van der Waals surface area contributed by atoms with Gasteiger partial charge in [0.2, 0.25) is 0 Å². The summed E-state index contributed by atoms with van der Waals surface area (Å²) in [5, 5.41) is 5.89. The molecule has 7 heteroatoms. The summed E-state index contributed by atoms with van der Waals surface area (Å²) in [6.45, 7) is 4.51. The molecular formula is C22H27N5O2. The Morgan fingerprint density at radius 1 is 1.34 bits per heavy atom. The molecule has 7 nitrogen and oxygen atoms in total. The molecule has 2 N–H and O–H groups in total. The molecule has 3 aromatic heterocycles. The Hall–Kier alpha value is -2.67. The lowest BCUT2D eigenvalue weighted by atomic mass is 9.94. The number of aryl methyl sites for hydroxylation is 2. The van der Waals surface area contributed by atoms with E-state index >= 15 is 0 Å². The third-order valence-electron chi connectivity index (χ3n) is 6.30. The van der Waals surface area contributed by atoms with Gasteiger partial charge in [0.25, 0.3) is 5.91 Å². The number of carbonyl (C=O) groups is 1. The molecule has 152 valence electrons. The molecule has 0 radical (unpaired) electrons. The smallest absolute Gasteiger partial charge is 0.257 e. The fourth-order valence-electron chi connectivity index (χ4n) is 4.92. The number of hydrogen-bond donors (Lipinski definition) is 1. The third-order valence-corrected chi connectivity index (χ3v) is 6.30. The van der Waals surface area contributed by atoms with Gasteiger partial charge in [-0.05, 0) is 44.7 Å². The summed E-state index contributed by atoms with van der Waals surface area (Å²) in [4.78, 5) is 19.8. The minimum Gasteiger partial charge on any atom is -0.465 e. The van der Waals surface area contributed by atoms with E-state index in [1.54, 1.807) is 6.20 Å². The molecule has 1 atom stereocenters. The van der Waals surface area contributed by atoms with E-state index in [0.29, 0.717) is 19.6 Å². The van der Waals surface area contributed by atoms with Crippen LogP contribution in [0.4, 0.5) is 0 Å². The van der Waals surface area contributed by atoms with Gasteiger partial charge in [0.1, 0.15) is 11.5 Å². The molecule has 29 heavy (non-hydrogen) atoms. The maximum atomic E-state index is 13.4. The van der Waals surface area contributed by atoms with Crippen LogP contribution in [0.25, 0.3) is 11.0 Å². The minimum atomic E-state index is 0.112. The Kier molecular flexibility index (Phi) is 4.62. The molecule has 1 fully saturated rings. The van der Waals surface area contributed by atoms with E-state index in [1.165, 1.54) is 0 Å². The van der Waals surface area contributed by atoms with Crippen molar-refractivity contribution in [2.75, 3.05) is 19.6 Å². The fraction of sp³-hybridized carbons (Fsp3) is 0.500. The zero-order valence-corrected chi connectivity index (χ0v) is 16.9. The number of pyridine rings is 1. The van der Waals surface area contributed by atoms with Crippen LogP contribution in [0.5, 0.6) is 0 Å². The Morgan fingerprint density at radius 3 is 3.07 bits per heavy atom. The largest absolute Gasteiger partial charge is 0.465 e. The van der Waals surface area contributed by atoms with Crippen molar-refractivity contribution >= 4 is 16.9 Å². The van der Waals surface area contributed by atoms with Crippen molar-refractivity contribution in [2.24, 2.45) is 5.73 Å². The van der Waals surface area contributed by atoms with Gasteiger partial charge in [-0.1, -0.05) is 0 Å². The second-order valence-corrected chi connectivity index (χ2v) is 8.15. The van der Waals surface area contributed by atoms with E-state index in [4.69, 9.17) is 15.2 Å². The number of furan rings is 1. The third kappa shape index (κ3) is 3.04. The van der Waals surface area contributed by atoms with Crippen LogP contribution in [0.3, 0.4) is 0 Å². The molecule has 0 saturated carbocycles. The number of amides is 1. The van der Waals surface area contributed by atoms with Crippen LogP contribution in [0.2, 0.25) is 0 Å². The summed E-state index contributed by atoms with van der Waals surface area (Å²) < 4.78 is 7.83. The summed E-state index contributed by atoms with van der Waals surface area (Å²) in [7, 11) is 0. The van der Waals surface area contributed by atoms with Gasteiger partial charge in [0.05, 0.1) is 17.8 Å². The van der Waals surface area contributed by atoms with Crippen LogP contribution in [-0.2, 0) is 19.4 Å². The van der Waals surface area contributed by atoms with Gasteiger partial charge < -0.3 is 15.1 Å². The predicted octanol–water partition coefficient (Wildman–Crippen LogP) is 2.80. The fourth-order valence-corrected chi connectivity index (χ4v) is 4.92. The number of rotatable bonds is 4. The van der Waals surface area contributed by atoms with Gasteiger partial charge in [-0.15, -0.1) is 0 Å². The van der Waals surface area contributed by atoms with Gasteiger partial charge in [-0.2, -0.15) is 5.10 Å². The first kappa shape index (κ1) is 18.4. The SMILES string of the molecule is Cc1oc2c(c1C(=O)N1CC[C@@H](c3nn(CCN)c4ncccc34)C1)CCCC2. The molecule has 3 aromatic rings. The van der Waals surface area contributed by atoms with Crippen molar-refractivity contribution in [2.45, 2.75) is 51.5 Å². The molecule has 4 heterocycles. The molecule has 1 amide bonds. The lowest BCUT2D eigenvalue weighted by Gasteiger charge is -2.18. The molecule has 0 spiro atoms. The van der Waals surface area contributed by atoms with Crippen LogP contribution in [0.1, 0.15) is 58.3 Å². The quantitative estimate of drug-likeness (QED) is 0.736. The molecule has 1 saturated heterocycles. The van der Waals surface area contributed by atoms with E-state index in [1.807, 2.05) is 22.6 Å². The number of carbonyl (C=O) groups excluding carboxylic acids is 1. The number of aromatic nitrogens is 3. The van der Waals surface area contributed by atoms with E-state index in [-0.39, 0.29) is 11.8 Å². The highest BCUT2D eigenvalue weighted by Gasteiger charge is 2.34. The van der Waals surface area contributed by atoms with Crippen molar-refractivity contribution in [1.29, 1.82) is 0 Å². The van der Waals surface area contributed by atoms with Gasteiger partial charge in [-0.25, -0.2) is 9.67 Å². The molecule has 0 unspecified atom stereocenters. The summed E-state index contributed by atoms with van der Waals surface area (Å²) in [5.41, 5.74) is 9.60. The lowest BCUT2D eigenvalue weighted by molar-refractivity contribution is 0.0788. The van der Waals surface area contributed by atoms with Crippen molar-refractivity contribution < 1.29 is 9.21 Å². The predicted molar refractivity (Wildman–Crippen MR) is 110 cm³/mol. The first-order valence-corrected chi connectivity index (χ1v) is 10.6. The summed E-state index contributed by atoms with van der Waals surface area (Å²) in [5.74, 6) is 2.12. The number of likely N-dealkylation sites (tertiary alicyclic amines) is 1. The topological polar surface area (TPSA) is 90.2 Å². The second-order valence-electron chi connectivity index (χ2n) is 8.15. The second kappa shape index (κ2) is 7.30. The molecule has 0 bridgehead atoms. The maximum absolute atomic E-state index is 13.4. The van der Waals surface area contributed by atoms with Crippen LogP contribution in [0, 0.1) is 6.92 Å². The van der Waals surface area contributed by atoms with Crippen LogP contribution >= 0.6 is 0 Å². The average molecular weight is 393 g/mol. The molecule has 1 aliphatic heterocycles. The summed E-state index contributed by atoms with van der Waals surface area (Å²) in [6, 6.07) is 4.01. The van der Waals surface area contributed by atoms with Crippen LogP contribution in [0.15, 0.2) is 22.7 Å². The number of hydrogen-bond acceptors (Lipinski definition) is 5. The lowest BCUT2D eigenvalue weighted by Crippen LogP contribution is -2.29. The monoisotopic (exact) mass is 393 g/mol. The van der Waals surface area contributed by atoms with Crippen LogP contribution < -0.4 is 5.73 Å². The zero-order chi connectivity index (χ0) is 20.0. The molecular weight excluding hydrogens is 366 g/mol. The number of nitrogens with zero attached hydrogens (tertiary/aromatic N) is 4. The Bertz CT molecular complexity index is 1070. The maximum Gasteiger partial charge on any atom is 0.257 e. The van der Waals surface area contributed by atoms with Gasteiger partial charge in [0.15, 0.2) is 5.65 Å². The van der Waals surface area contributed by atoms with Crippen molar-refractivity contribution in [3.05, 3.63) is 46.7 Å². The normalized spacial score (nSPS) is 19.1. The highest BCUT2D eigenvalue weighted by Crippen LogP contribution is 2.35. The number of nitrogens with two attached hydrogens (primary N) is 1. The van der Waals surface area contributed by atoms with Crippen molar-refractivity contribution in [3.8, 4) is 0 Å². The first-order chi connectivity index (χ1) is 14.2. The van der Waals surface area contributed by atoms with Crippen molar-refractivity contribution in [3.63, 3.8) is 0 Å². The Balaban J connectivity index is 1.42. The molecule has 5 rings (SSSR count). The number of fused-ring (bicyclic) bond motifs is 2. The highest BCUT2D eigenvalue weighted by atomic mass is 16.3. The molecule has 2 aliphatic rings. The minimum absolute atomic E-state index is 0.112. The standard InChI is InChI=1S/C22H27N5O2/c1-14-19(16-5-2-3-7-18(16)29-14)22(28)26-11-8-15(13-26)20-17-6-4-10-24-21(17)27(25-20)12-9-23/h4,6,10,15H,2-3,5,7-9,11-13,23H2,1H3/t15-/m1/s1. The molecule has 0 aromatic carbocycles. The van der Waals surface area contributed by atoms with E-state index < -0.39 is 0 Å². The Morgan fingerprint density at radius 2 is 2.21 bits per heavy atom. The average Bonchev–Trinajstić information content (AvgIpc) is 3.43. The van der Waals surface area contributed by atoms with E-state index in [2.05, 4.69) is 11.1 Å². The first-order valence-electron chi connectivity index (χ1n) is 10.6. The Labute approximate surface area is 169 Å². The highest BCUT2D eigenvalue weighted by molar-refractivity contribution is 5.97. The van der Waals surface area contributed by atoms with E-state index in [9.17, 15) is 4.79 Å². The zero-order valence-electron chi connectivity index (χ0n) is 16.9.